The van der Waals surface area contributed by atoms with Crippen molar-refractivity contribution in [1.82, 2.24) is 4.98 Å². The predicted octanol–water partition coefficient (Wildman–Crippen LogP) is 8.95. The van der Waals surface area contributed by atoms with Gasteiger partial charge in [-0.1, -0.05) is 99.9 Å². The lowest BCUT2D eigenvalue weighted by Crippen LogP contribution is -2.38. The number of rotatable bonds is 4. The van der Waals surface area contributed by atoms with E-state index in [1.807, 2.05) is 53.7 Å². The van der Waals surface area contributed by atoms with Gasteiger partial charge >= 0.3 is 0 Å². The molecular weight excluding hydrogens is 430 g/mol. The molecule has 0 aliphatic heterocycles. The minimum absolute atomic E-state index is 0.218. The van der Waals surface area contributed by atoms with Crippen molar-refractivity contribution in [3.05, 3.63) is 63.5 Å². The summed E-state index contributed by atoms with van der Waals surface area (Å²) in [5.41, 5.74) is 7.35. The minimum atomic E-state index is -0.724. The lowest BCUT2D eigenvalue weighted by atomic mass is 9.59. The van der Waals surface area contributed by atoms with Crippen LogP contribution in [-0.2, 0) is 6.42 Å². The molecule has 2 unspecified atom stereocenters. The van der Waals surface area contributed by atoms with Crippen molar-refractivity contribution in [1.29, 1.82) is 0 Å². The number of aromatic nitrogens is 1. The molecular formula is C32H53NO2. The number of pyridine rings is 1. The number of hydrogen-bond acceptors (Lipinski definition) is 3. The Hall–Kier alpha value is -1.71. The van der Waals surface area contributed by atoms with Gasteiger partial charge in [-0.15, -0.1) is 0 Å². The molecule has 2 N–H and O–H groups in total. The van der Waals surface area contributed by atoms with Crippen LogP contribution in [0.3, 0.4) is 0 Å². The van der Waals surface area contributed by atoms with Crippen LogP contribution < -0.4 is 0 Å². The summed E-state index contributed by atoms with van der Waals surface area (Å²) in [5.74, 6) is 0.684. The zero-order valence-electron chi connectivity index (χ0n) is 24.5. The minimum Gasteiger partial charge on any atom is -0.388 e. The Bertz CT molecular complexity index is 895. The summed E-state index contributed by atoms with van der Waals surface area (Å²) in [6.45, 7) is 22.7. The van der Waals surface area contributed by atoms with Crippen LogP contribution in [0.2, 0.25) is 0 Å². The van der Waals surface area contributed by atoms with Crippen molar-refractivity contribution < 1.29 is 10.2 Å². The third kappa shape index (κ3) is 6.74. The van der Waals surface area contributed by atoms with E-state index in [-0.39, 0.29) is 11.3 Å². The van der Waals surface area contributed by atoms with Gasteiger partial charge in [-0.25, -0.2) is 0 Å². The molecule has 1 aromatic heterocycles. The SMILES string of the molecule is CC.CC.CC.Cc1c2c(nc(C(C)C)c1C(O)c1ccc(C(C)C)cc1)CC1(CCC1)CC2O. The largest absolute Gasteiger partial charge is 0.388 e. The van der Waals surface area contributed by atoms with Crippen LogP contribution in [0.1, 0.15) is 158 Å². The van der Waals surface area contributed by atoms with E-state index in [4.69, 9.17) is 4.98 Å². The van der Waals surface area contributed by atoms with Gasteiger partial charge in [0.15, 0.2) is 0 Å². The molecule has 1 heterocycles. The molecule has 2 aliphatic rings. The van der Waals surface area contributed by atoms with Gasteiger partial charge in [-0.05, 0) is 66.5 Å². The topological polar surface area (TPSA) is 53.4 Å². The quantitative estimate of drug-likeness (QED) is 0.456. The van der Waals surface area contributed by atoms with Crippen molar-refractivity contribution in [3.63, 3.8) is 0 Å². The molecule has 2 aromatic rings. The molecule has 0 amide bonds. The van der Waals surface area contributed by atoms with Crippen molar-refractivity contribution in [2.75, 3.05) is 0 Å². The third-order valence-electron chi connectivity index (χ3n) is 7.31. The number of aliphatic hydroxyl groups is 2. The van der Waals surface area contributed by atoms with Gasteiger partial charge in [-0.2, -0.15) is 0 Å². The molecule has 2 aliphatic carbocycles. The van der Waals surface area contributed by atoms with Gasteiger partial charge in [-0.3, -0.25) is 4.98 Å². The van der Waals surface area contributed by atoms with Crippen molar-refractivity contribution in [3.8, 4) is 0 Å². The molecule has 3 heteroatoms. The molecule has 0 saturated heterocycles. The summed E-state index contributed by atoms with van der Waals surface area (Å²) in [4.78, 5) is 5.07. The highest BCUT2D eigenvalue weighted by molar-refractivity contribution is 5.48. The van der Waals surface area contributed by atoms with E-state index < -0.39 is 12.2 Å². The summed E-state index contributed by atoms with van der Waals surface area (Å²) < 4.78 is 0. The molecule has 1 aromatic carbocycles. The molecule has 1 spiro atoms. The summed E-state index contributed by atoms with van der Waals surface area (Å²) in [5, 5.41) is 22.4. The second-order valence-electron chi connectivity index (χ2n) is 10.0. The van der Waals surface area contributed by atoms with E-state index in [0.29, 0.717) is 5.92 Å². The molecule has 1 fully saturated rings. The van der Waals surface area contributed by atoms with Gasteiger partial charge < -0.3 is 10.2 Å². The van der Waals surface area contributed by atoms with Crippen LogP contribution in [0.15, 0.2) is 24.3 Å². The molecule has 1 saturated carbocycles. The second kappa shape index (κ2) is 14.1. The molecule has 2 atom stereocenters. The maximum atomic E-state index is 11.4. The Morgan fingerprint density at radius 2 is 1.37 bits per heavy atom. The third-order valence-corrected chi connectivity index (χ3v) is 7.31. The molecule has 35 heavy (non-hydrogen) atoms. The van der Waals surface area contributed by atoms with Gasteiger partial charge in [0.25, 0.3) is 0 Å². The van der Waals surface area contributed by atoms with Crippen molar-refractivity contribution >= 4 is 0 Å². The van der Waals surface area contributed by atoms with E-state index in [1.54, 1.807) is 0 Å². The van der Waals surface area contributed by atoms with Crippen LogP contribution in [0, 0.1) is 12.3 Å². The van der Waals surface area contributed by atoms with Crippen LogP contribution in [0.4, 0.5) is 0 Å². The van der Waals surface area contributed by atoms with E-state index in [0.717, 1.165) is 46.5 Å². The lowest BCUT2D eigenvalue weighted by Gasteiger charge is -2.47. The number of hydrogen-bond donors (Lipinski definition) is 2. The lowest BCUT2D eigenvalue weighted by molar-refractivity contribution is 0.0238. The van der Waals surface area contributed by atoms with Gasteiger partial charge in [0.05, 0.1) is 6.10 Å². The number of fused-ring (bicyclic) bond motifs is 1. The Kier molecular flexibility index (Phi) is 12.7. The Balaban J connectivity index is 0.000000949. The Morgan fingerprint density at radius 1 is 0.857 bits per heavy atom. The normalized spacial score (nSPS) is 18.2. The first-order chi connectivity index (χ1) is 16.7. The van der Waals surface area contributed by atoms with E-state index in [9.17, 15) is 10.2 Å². The average Bonchev–Trinajstić information content (AvgIpc) is 2.85. The first-order valence-corrected chi connectivity index (χ1v) is 14.2. The molecule has 0 radical (unpaired) electrons. The second-order valence-corrected chi connectivity index (χ2v) is 10.0. The average molecular weight is 484 g/mol. The summed E-state index contributed by atoms with van der Waals surface area (Å²) >= 11 is 0. The summed E-state index contributed by atoms with van der Waals surface area (Å²) in [6, 6.07) is 8.27. The van der Waals surface area contributed by atoms with Crippen molar-refractivity contribution in [2.45, 2.75) is 132 Å². The van der Waals surface area contributed by atoms with E-state index in [2.05, 4.69) is 46.8 Å². The van der Waals surface area contributed by atoms with Crippen LogP contribution in [-0.4, -0.2) is 15.2 Å². The highest BCUT2D eigenvalue weighted by atomic mass is 16.3. The van der Waals surface area contributed by atoms with E-state index in [1.165, 1.54) is 24.8 Å². The fourth-order valence-corrected chi connectivity index (χ4v) is 5.41. The number of nitrogens with zero attached hydrogens (tertiary/aromatic N) is 1. The molecule has 4 rings (SSSR count). The fourth-order valence-electron chi connectivity index (χ4n) is 5.41. The Labute approximate surface area is 216 Å². The summed E-state index contributed by atoms with van der Waals surface area (Å²) in [7, 11) is 0. The first kappa shape index (κ1) is 31.3. The number of aliphatic hydroxyl groups excluding tert-OH is 2. The Morgan fingerprint density at radius 3 is 1.80 bits per heavy atom. The summed E-state index contributed by atoms with van der Waals surface area (Å²) in [6.07, 6.45) is 4.28. The zero-order valence-corrected chi connectivity index (χ0v) is 24.5. The monoisotopic (exact) mass is 483 g/mol. The molecule has 198 valence electrons. The maximum Gasteiger partial charge on any atom is 0.106 e. The first-order valence-electron chi connectivity index (χ1n) is 14.2. The maximum absolute atomic E-state index is 11.4. The smallest absolute Gasteiger partial charge is 0.106 e. The van der Waals surface area contributed by atoms with Gasteiger partial charge in [0, 0.05) is 22.5 Å². The standard InChI is InChI=1S/C26H35NO2.3C2H6/c1-15(2)18-7-9-19(10-8-18)25(29)23-17(5)22-20(27-24(23)16(3)4)13-26(11-6-12-26)14-21(22)28;3*1-2/h7-10,15-16,21,25,28-29H,6,11-14H2,1-5H3;3*1-2H3. The fraction of sp³-hybridized carbons (Fsp3) is 0.656. The molecule has 0 bridgehead atoms. The van der Waals surface area contributed by atoms with Crippen LogP contribution in [0.5, 0.6) is 0 Å². The molecule has 3 nitrogen and oxygen atoms in total. The highest BCUT2D eigenvalue weighted by Gasteiger charge is 2.44. The van der Waals surface area contributed by atoms with Crippen LogP contribution >= 0.6 is 0 Å². The van der Waals surface area contributed by atoms with Crippen molar-refractivity contribution in [2.24, 2.45) is 5.41 Å². The van der Waals surface area contributed by atoms with Gasteiger partial charge in [0.1, 0.15) is 6.10 Å². The zero-order chi connectivity index (χ0) is 26.9. The van der Waals surface area contributed by atoms with Crippen LogP contribution in [0.25, 0.3) is 0 Å². The number of benzene rings is 1. The van der Waals surface area contributed by atoms with E-state index >= 15 is 0 Å². The van der Waals surface area contributed by atoms with Gasteiger partial charge in [0.2, 0.25) is 0 Å². The highest BCUT2D eigenvalue weighted by Crippen LogP contribution is 2.54. The predicted molar refractivity (Wildman–Crippen MR) is 151 cm³/mol.